The summed E-state index contributed by atoms with van der Waals surface area (Å²) in [6.07, 6.45) is 4.89. The summed E-state index contributed by atoms with van der Waals surface area (Å²) in [5, 5.41) is 6.86. The molecule has 6 heteroatoms. The lowest BCUT2D eigenvalue weighted by Gasteiger charge is -2.05. The van der Waals surface area contributed by atoms with Crippen LogP contribution in [0.25, 0.3) is 0 Å². The van der Waals surface area contributed by atoms with Gasteiger partial charge < -0.3 is 5.32 Å². The lowest BCUT2D eigenvalue weighted by Crippen LogP contribution is -2.25. The van der Waals surface area contributed by atoms with Gasteiger partial charge in [-0.1, -0.05) is 28.1 Å². The largest absolute Gasteiger partial charge is 0.376 e. The fraction of sp³-hybridized carbons (Fsp3) is 0.0714. The maximum absolute atomic E-state index is 11.6. The molecule has 0 atom stereocenters. The SMILES string of the molecule is O=C(CNc1cccc(Br)c1)NN=Cc1cccnc1. The molecule has 0 spiro atoms. The van der Waals surface area contributed by atoms with Gasteiger partial charge in [-0.05, 0) is 24.3 Å². The van der Waals surface area contributed by atoms with Crippen molar-refractivity contribution >= 4 is 33.7 Å². The van der Waals surface area contributed by atoms with Gasteiger partial charge in [0, 0.05) is 28.1 Å². The molecule has 1 aromatic heterocycles. The number of anilines is 1. The number of rotatable bonds is 5. The maximum atomic E-state index is 11.6. The first-order valence-corrected chi connectivity index (χ1v) is 6.75. The maximum Gasteiger partial charge on any atom is 0.259 e. The van der Waals surface area contributed by atoms with Crippen LogP contribution in [0.4, 0.5) is 5.69 Å². The van der Waals surface area contributed by atoms with E-state index in [0.717, 1.165) is 15.7 Å². The summed E-state index contributed by atoms with van der Waals surface area (Å²) in [4.78, 5) is 15.5. The van der Waals surface area contributed by atoms with Gasteiger partial charge in [0.15, 0.2) is 0 Å². The number of hydrazone groups is 1. The number of pyridine rings is 1. The number of benzene rings is 1. The molecule has 2 N–H and O–H groups in total. The summed E-state index contributed by atoms with van der Waals surface area (Å²) >= 11 is 3.37. The zero-order valence-corrected chi connectivity index (χ0v) is 12.2. The van der Waals surface area contributed by atoms with Crippen molar-refractivity contribution in [2.24, 2.45) is 5.10 Å². The van der Waals surface area contributed by atoms with Crippen molar-refractivity contribution in [3.8, 4) is 0 Å². The number of halogens is 1. The number of hydrogen-bond acceptors (Lipinski definition) is 4. The first-order valence-electron chi connectivity index (χ1n) is 5.95. The molecule has 102 valence electrons. The molecule has 1 heterocycles. The molecule has 0 aliphatic heterocycles. The molecule has 2 rings (SSSR count). The van der Waals surface area contributed by atoms with Crippen molar-refractivity contribution in [1.82, 2.24) is 10.4 Å². The quantitative estimate of drug-likeness (QED) is 0.652. The van der Waals surface area contributed by atoms with E-state index in [1.807, 2.05) is 30.3 Å². The summed E-state index contributed by atoms with van der Waals surface area (Å²) in [6.45, 7) is 0.154. The zero-order valence-electron chi connectivity index (χ0n) is 10.6. The Balaban J connectivity index is 1.77. The van der Waals surface area contributed by atoms with Gasteiger partial charge in [0.2, 0.25) is 0 Å². The number of nitrogens with zero attached hydrogens (tertiary/aromatic N) is 2. The molecule has 1 amide bonds. The first-order chi connectivity index (χ1) is 9.74. The molecule has 1 aromatic carbocycles. The van der Waals surface area contributed by atoms with Crippen LogP contribution in [0, 0.1) is 0 Å². The van der Waals surface area contributed by atoms with Crippen LogP contribution in [0.2, 0.25) is 0 Å². The van der Waals surface area contributed by atoms with Gasteiger partial charge >= 0.3 is 0 Å². The van der Waals surface area contributed by atoms with Gasteiger partial charge in [-0.25, -0.2) is 5.43 Å². The minimum Gasteiger partial charge on any atom is -0.376 e. The molecule has 0 bridgehead atoms. The summed E-state index contributed by atoms with van der Waals surface area (Å²) in [5.41, 5.74) is 4.14. The second-order valence-electron chi connectivity index (χ2n) is 3.94. The highest BCUT2D eigenvalue weighted by molar-refractivity contribution is 9.10. The van der Waals surface area contributed by atoms with Crippen LogP contribution in [0.1, 0.15) is 5.56 Å². The third kappa shape index (κ3) is 4.81. The van der Waals surface area contributed by atoms with Crippen LogP contribution in [-0.4, -0.2) is 23.7 Å². The van der Waals surface area contributed by atoms with E-state index < -0.39 is 0 Å². The molecule has 2 aromatic rings. The number of aromatic nitrogens is 1. The molecule has 0 aliphatic rings. The highest BCUT2D eigenvalue weighted by atomic mass is 79.9. The van der Waals surface area contributed by atoms with E-state index in [0.29, 0.717) is 0 Å². The van der Waals surface area contributed by atoms with E-state index in [-0.39, 0.29) is 12.5 Å². The third-order valence-corrected chi connectivity index (χ3v) is 2.86. The minimum absolute atomic E-state index is 0.154. The molecule has 0 fully saturated rings. The fourth-order valence-electron chi connectivity index (χ4n) is 1.45. The van der Waals surface area contributed by atoms with Gasteiger partial charge in [-0.3, -0.25) is 9.78 Å². The number of carbonyl (C=O) groups excluding carboxylic acids is 1. The van der Waals surface area contributed by atoms with Gasteiger partial charge in [0.1, 0.15) is 0 Å². The van der Waals surface area contributed by atoms with E-state index in [2.05, 4.69) is 36.8 Å². The van der Waals surface area contributed by atoms with Crippen molar-refractivity contribution in [3.63, 3.8) is 0 Å². The standard InChI is InChI=1S/C14H13BrN4O/c15-12-4-1-5-13(7-12)17-10-14(20)19-18-9-11-3-2-6-16-8-11/h1-9,17H,10H2,(H,19,20). The van der Waals surface area contributed by atoms with Crippen LogP contribution < -0.4 is 10.7 Å². The fourth-order valence-corrected chi connectivity index (χ4v) is 1.85. The van der Waals surface area contributed by atoms with Crippen LogP contribution in [0.3, 0.4) is 0 Å². The van der Waals surface area contributed by atoms with Crippen molar-refractivity contribution in [1.29, 1.82) is 0 Å². The monoisotopic (exact) mass is 332 g/mol. The van der Waals surface area contributed by atoms with E-state index in [1.165, 1.54) is 0 Å². The zero-order chi connectivity index (χ0) is 14.2. The van der Waals surface area contributed by atoms with E-state index in [1.54, 1.807) is 24.7 Å². The van der Waals surface area contributed by atoms with E-state index >= 15 is 0 Å². The van der Waals surface area contributed by atoms with Crippen LogP contribution >= 0.6 is 15.9 Å². The normalized spacial score (nSPS) is 10.4. The number of carbonyl (C=O) groups is 1. The predicted octanol–water partition coefficient (Wildman–Crippen LogP) is 2.41. The Kier molecular flexibility index (Phi) is 5.25. The average Bonchev–Trinajstić information content (AvgIpc) is 2.46. The lowest BCUT2D eigenvalue weighted by molar-refractivity contribution is -0.119. The number of nitrogens with one attached hydrogen (secondary N) is 2. The van der Waals surface area contributed by atoms with Crippen LogP contribution in [0.5, 0.6) is 0 Å². The van der Waals surface area contributed by atoms with Crippen molar-refractivity contribution in [2.45, 2.75) is 0 Å². The van der Waals surface area contributed by atoms with Crippen LogP contribution in [-0.2, 0) is 4.79 Å². The van der Waals surface area contributed by atoms with Gasteiger partial charge in [0.05, 0.1) is 12.8 Å². The molecular weight excluding hydrogens is 320 g/mol. The highest BCUT2D eigenvalue weighted by Gasteiger charge is 1.99. The predicted molar refractivity (Wildman–Crippen MR) is 82.6 cm³/mol. The Morgan fingerprint density at radius 1 is 1.35 bits per heavy atom. The van der Waals surface area contributed by atoms with Crippen molar-refractivity contribution in [2.75, 3.05) is 11.9 Å². The second kappa shape index (κ2) is 7.40. The van der Waals surface area contributed by atoms with Crippen molar-refractivity contribution < 1.29 is 4.79 Å². The Morgan fingerprint density at radius 2 is 2.25 bits per heavy atom. The topological polar surface area (TPSA) is 66.4 Å². The molecule has 5 nitrogen and oxygen atoms in total. The van der Waals surface area contributed by atoms with Gasteiger partial charge in [0.25, 0.3) is 5.91 Å². The molecule has 0 aliphatic carbocycles. The van der Waals surface area contributed by atoms with Gasteiger partial charge in [-0.2, -0.15) is 5.10 Å². The number of hydrogen-bond donors (Lipinski definition) is 2. The lowest BCUT2D eigenvalue weighted by atomic mass is 10.3. The third-order valence-electron chi connectivity index (χ3n) is 2.36. The summed E-state index contributed by atoms with van der Waals surface area (Å²) in [7, 11) is 0. The molecule has 20 heavy (non-hydrogen) atoms. The van der Waals surface area contributed by atoms with E-state index in [4.69, 9.17) is 0 Å². The molecule has 0 radical (unpaired) electrons. The smallest absolute Gasteiger partial charge is 0.259 e. The summed E-state index contributed by atoms with van der Waals surface area (Å²) < 4.78 is 0.956. The molecular formula is C14H13BrN4O. The first kappa shape index (κ1) is 14.2. The highest BCUT2D eigenvalue weighted by Crippen LogP contribution is 2.14. The summed E-state index contributed by atoms with van der Waals surface area (Å²) in [5.74, 6) is -0.217. The molecule has 0 unspecified atom stereocenters. The van der Waals surface area contributed by atoms with Crippen molar-refractivity contribution in [3.05, 3.63) is 58.8 Å². The average molecular weight is 333 g/mol. The number of amides is 1. The Labute approximate surface area is 125 Å². The van der Waals surface area contributed by atoms with Gasteiger partial charge in [-0.15, -0.1) is 0 Å². The Morgan fingerprint density at radius 3 is 3.00 bits per heavy atom. The molecule has 0 saturated carbocycles. The van der Waals surface area contributed by atoms with Crippen LogP contribution in [0.15, 0.2) is 58.4 Å². The van der Waals surface area contributed by atoms with E-state index in [9.17, 15) is 4.79 Å². The Bertz CT molecular complexity index is 601. The minimum atomic E-state index is -0.217. The Hall–Kier alpha value is -2.21. The summed E-state index contributed by atoms with van der Waals surface area (Å²) in [6, 6.07) is 11.2. The molecule has 0 saturated heterocycles. The second-order valence-corrected chi connectivity index (χ2v) is 4.86.